The predicted octanol–water partition coefficient (Wildman–Crippen LogP) is 4.51. The van der Waals surface area contributed by atoms with Gasteiger partial charge in [-0.1, -0.05) is 6.08 Å². The fourth-order valence-corrected chi connectivity index (χ4v) is 3.28. The van der Waals surface area contributed by atoms with Crippen LogP contribution in [-0.4, -0.2) is 33.9 Å². The fourth-order valence-electron chi connectivity index (χ4n) is 3.28. The molecular weight excluding hydrogens is 355 g/mol. The minimum absolute atomic E-state index is 0.258. The van der Waals surface area contributed by atoms with Gasteiger partial charge in [-0.25, -0.2) is 0 Å². The summed E-state index contributed by atoms with van der Waals surface area (Å²) < 4.78 is 38.0. The van der Waals surface area contributed by atoms with E-state index in [1.165, 1.54) is 12.1 Å². The van der Waals surface area contributed by atoms with Gasteiger partial charge in [0.15, 0.2) is 0 Å². The van der Waals surface area contributed by atoms with Crippen molar-refractivity contribution in [3.63, 3.8) is 0 Å². The monoisotopic (exact) mass is 371 g/mol. The molecule has 0 aliphatic carbocycles. The Kier molecular flexibility index (Phi) is 4.22. The lowest BCUT2D eigenvalue weighted by molar-refractivity contribution is -0.137. The molecule has 0 atom stereocenters. The molecule has 2 aromatic heterocycles. The molecule has 0 saturated heterocycles. The van der Waals surface area contributed by atoms with Crippen LogP contribution in [0.5, 0.6) is 0 Å². The van der Waals surface area contributed by atoms with Gasteiger partial charge in [-0.3, -0.25) is 9.78 Å². The molecule has 27 heavy (non-hydrogen) atoms. The number of rotatable bonds is 2. The summed E-state index contributed by atoms with van der Waals surface area (Å²) in [6.45, 7) is 0.917. The van der Waals surface area contributed by atoms with Crippen molar-refractivity contribution >= 4 is 22.5 Å². The number of hydrogen-bond acceptors (Lipinski definition) is 2. The van der Waals surface area contributed by atoms with E-state index in [1.807, 2.05) is 24.4 Å². The standard InChI is InChI=1S/C20H16F3N3O/c21-20(22,23)15-5-3-14(4-6-15)19(27)26-10-7-13(8-11-26)16-12-25-17-2-1-9-24-18(16)17/h1-7,9,12,25H,8,10-11H2. The molecule has 4 rings (SSSR count). The van der Waals surface area contributed by atoms with Crippen molar-refractivity contribution in [2.75, 3.05) is 13.1 Å². The maximum Gasteiger partial charge on any atom is 0.416 e. The minimum Gasteiger partial charge on any atom is -0.359 e. The van der Waals surface area contributed by atoms with E-state index in [-0.39, 0.29) is 11.5 Å². The summed E-state index contributed by atoms with van der Waals surface area (Å²) in [5.74, 6) is -0.268. The third-order valence-corrected chi connectivity index (χ3v) is 4.74. The lowest BCUT2D eigenvalue weighted by Gasteiger charge is -2.26. The van der Waals surface area contributed by atoms with Crippen LogP contribution in [0.2, 0.25) is 0 Å². The zero-order valence-corrected chi connectivity index (χ0v) is 14.3. The van der Waals surface area contributed by atoms with E-state index in [1.54, 1.807) is 11.1 Å². The molecule has 0 spiro atoms. The van der Waals surface area contributed by atoms with E-state index in [0.29, 0.717) is 19.5 Å². The zero-order chi connectivity index (χ0) is 19.0. The first-order valence-corrected chi connectivity index (χ1v) is 8.51. The molecule has 1 aliphatic rings. The van der Waals surface area contributed by atoms with Gasteiger partial charge in [0, 0.05) is 36.6 Å². The van der Waals surface area contributed by atoms with E-state index >= 15 is 0 Å². The fraction of sp³-hybridized carbons (Fsp3) is 0.200. The van der Waals surface area contributed by atoms with Crippen LogP contribution in [0.3, 0.4) is 0 Å². The van der Waals surface area contributed by atoms with Crippen molar-refractivity contribution in [2.45, 2.75) is 12.6 Å². The molecule has 1 amide bonds. The second-order valence-electron chi connectivity index (χ2n) is 6.41. The smallest absolute Gasteiger partial charge is 0.359 e. The number of nitrogens with zero attached hydrogens (tertiary/aromatic N) is 2. The summed E-state index contributed by atoms with van der Waals surface area (Å²) in [7, 11) is 0. The van der Waals surface area contributed by atoms with Crippen LogP contribution in [-0.2, 0) is 6.18 Å². The molecular formula is C20H16F3N3O. The number of nitrogens with one attached hydrogen (secondary N) is 1. The van der Waals surface area contributed by atoms with E-state index < -0.39 is 11.7 Å². The maximum absolute atomic E-state index is 12.7. The van der Waals surface area contributed by atoms with Crippen LogP contribution in [0, 0.1) is 0 Å². The number of pyridine rings is 1. The Hall–Kier alpha value is -3.09. The highest BCUT2D eigenvalue weighted by Gasteiger charge is 2.30. The molecule has 7 heteroatoms. The topological polar surface area (TPSA) is 49.0 Å². The quantitative estimate of drug-likeness (QED) is 0.721. The molecule has 1 aliphatic heterocycles. The molecule has 0 saturated carbocycles. The molecule has 138 valence electrons. The van der Waals surface area contributed by atoms with Gasteiger partial charge in [-0.05, 0) is 48.4 Å². The Morgan fingerprint density at radius 2 is 1.93 bits per heavy atom. The molecule has 1 N–H and O–H groups in total. The average Bonchev–Trinajstić information content (AvgIpc) is 3.11. The number of benzene rings is 1. The first-order chi connectivity index (χ1) is 12.9. The van der Waals surface area contributed by atoms with Crippen LogP contribution in [0.4, 0.5) is 13.2 Å². The summed E-state index contributed by atoms with van der Waals surface area (Å²) >= 11 is 0. The van der Waals surface area contributed by atoms with Gasteiger partial charge in [-0.15, -0.1) is 0 Å². The molecule has 1 aromatic carbocycles. The number of H-pyrrole nitrogens is 1. The molecule has 0 fully saturated rings. The van der Waals surface area contributed by atoms with Crippen molar-refractivity contribution in [3.8, 4) is 0 Å². The number of carbonyl (C=O) groups is 1. The lowest BCUT2D eigenvalue weighted by atomic mass is 10.0. The molecule has 0 bridgehead atoms. The summed E-state index contributed by atoms with van der Waals surface area (Å²) in [5.41, 5.74) is 3.48. The van der Waals surface area contributed by atoms with Crippen LogP contribution in [0.25, 0.3) is 16.6 Å². The number of hydrogen-bond donors (Lipinski definition) is 1. The number of fused-ring (bicyclic) bond motifs is 1. The van der Waals surface area contributed by atoms with E-state index in [4.69, 9.17) is 0 Å². The SMILES string of the molecule is O=C(c1ccc(C(F)(F)F)cc1)N1CC=C(c2c[nH]c3cccnc23)CC1. The van der Waals surface area contributed by atoms with Gasteiger partial charge in [0.25, 0.3) is 5.91 Å². The van der Waals surface area contributed by atoms with Crippen molar-refractivity contribution in [2.24, 2.45) is 0 Å². The molecule has 3 aromatic rings. The zero-order valence-electron chi connectivity index (χ0n) is 14.3. The minimum atomic E-state index is -4.41. The first kappa shape index (κ1) is 17.3. The largest absolute Gasteiger partial charge is 0.416 e. The van der Waals surface area contributed by atoms with E-state index in [2.05, 4.69) is 9.97 Å². The number of amides is 1. The van der Waals surface area contributed by atoms with Gasteiger partial charge in [0.1, 0.15) is 0 Å². The van der Waals surface area contributed by atoms with Crippen LogP contribution in [0.1, 0.15) is 27.9 Å². The van der Waals surface area contributed by atoms with Crippen molar-refractivity contribution in [1.29, 1.82) is 0 Å². The highest BCUT2D eigenvalue weighted by Crippen LogP contribution is 2.30. The number of aromatic amines is 1. The Labute approximate surface area is 153 Å². The van der Waals surface area contributed by atoms with Crippen LogP contribution >= 0.6 is 0 Å². The Morgan fingerprint density at radius 1 is 1.15 bits per heavy atom. The van der Waals surface area contributed by atoms with Gasteiger partial charge >= 0.3 is 6.18 Å². The summed E-state index contributed by atoms with van der Waals surface area (Å²) in [6, 6.07) is 8.16. The summed E-state index contributed by atoms with van der Waals surface area (Å²) in [4.78, 5) is 21.8. The van der Waals surface area contributed by atoms with Crippen molar-refractivity contribution < 1.29 is 18.0 Å². The molecule has 4 nitrogen and oxygen atoms in total. The Morgan fingerprint density at radius 3 is 2.59 bits per heavy atom. The molecule has 3 heterocycles. The lowest BCUT2D eigenvalue weighted by Crippen LogP contribution is -2.34. The van der Waals surface area contributed by atoms with Gasteiger partial charge < -0.3 is 9.88 Å². The van der Waals surface area contributed by atoms with E-state index in [9.17, 15) is 18.0 Å². The van der Waals surface area contributed by atoms with Crippen molar-refractivity contribution in [1.82, 2.24) is 14.9 Å². The Bertz CT molecular complexity index is 1020. The number of halogens is 3. The second-order valence-corrected chi connectivity index (χ2v) is 6.41. The highest BCUT2D eigenvalue weighted by atomic mass is 19.4. The molecule has 0 radical (unpaired) electrons. The number of aromatic nitrogens is 2. The number of carbonyl (C=O) groups excluding carboxylic acids is 1. The average molecular weight is 371 g/mol. The predicted molar refractivity (Wildman–Crippen MR) is 96.0 cm³/mol. The van der Waals surface area contributed by atoms with Crippen LogP contribution < -0.4 is 0 Å². The van der Waals surface area contributed by atoms with E-state index in [0.717, 1.165) is 34.3 Å². The first-order valence-electron chi connectivity index (χ1n) is 8.51. The summed E-state index contributed by atoms with van der Waals surface area (Å²) in [6.07, 6.45) is 1.89. The second kappa shape index (κ2) is 6.57. The molecule has 0 unspecified atom stereocenters. The highest BCUT2D eigenvalue weighted by molar-refractivity contribution is 5.95. The summed E-state index contributed by atoms with van der Waals surface area (Å²) in [5, 5.41) is 0. The van der Waals surface area contributed by atoms with Crippen LogP contribution in [0.15, 0.2) is 54.9 Å². The third kappa shape index (κ3) is 3.32. The Balaban J connectivity index is 1.50. The normalized spacial score (nSPS) is 15.1. The van der Waals surface area contributed by atoms with Gasteiger partial charge in [-0.2, -0.15) is 13.2 Å². The third-order valence-electron chi connectivity index (χ3n) is 4.74. The van der Waals surface area contributed by atoms with Gasteiger partial charge in [0.2, 0.25) is 0 Å². The van der Waals surface area contributed by atoms with Crippen molar-refractivity contribution in [3.05, 3.63) is 71.6 Å². The van der Waals surface area contributed by atoms with Gasteiger partial charge in [0.05, 0.1) is 16.6 Å². The number of alkyl halides is 3. The maximum atomic E-state index is 12.7.